The Balaban J connectivity index is -0.0000000360. The van der Waals surface area contributed by atoms with Crippen LogP contribution < -0.4 is 0 Å². The summed E-state index contributed by atoms with van der Waals surface area (Å²) in [5.41, 5.74) is 0. The highest BCUT2D eigenvalue weighted by Crippen LogP contribution is 1.28. The molecule has 0 rings (SSSR count). The standard InChI is InChI=1S/C2H6O.C2H6.CH4O/c1-3-2;2*1-2/h1-2H3;1-2H3;2H,1H3. The van der Waals surface area contributed by atoms with Crippen molar-refractivity contribution in [1.29, 1.82) is 0 Å². The van der Waals surface area contributed by atoms with Crippen LogP contribution in [0.3, 0.4) is 0 Å². The summed E-state index contributed by atoms with van der Waals surface area (Å²) in [6.07, 6.45) is 0. The molecule has 2 heteroatoms. The molecule has 0 aromatic carbocycles. The van der Waals surface area contributed by atoms with Crippen LogP contribution in [0.1, 0.15) is 13.8 Å². The van der Waals surface area contributed by atoms with Crippen LogP contribution in [-0.2, 0) is 4.74 Å². The molecule has 0 aliphatic rings. The minimum atomic E-state index is 1.00. The first-order chi connectivity index (χ1) is 3.41. The van der Waals surface area contributed by atoms with Gasteiger partial charge in [-0.15, -0.1) is 0 Å². The SMILES string of the molecule is CC.CO.COC. The van der Waals surface area contributed by atoms with Crippen molar-refractivity contribution in [1.82, 2.24) is 0 Å². The fraction of sp³-hybridized carbons (Fsp3) is 1.00. The predicted molar refractivity (Wildman–Crippen MR) is 32.4 cm³/mol. The summed E-state index contributed by atoms with van der Waals surface area (Å²) in [7, 11) is 4.25. The topological polar surface area (TPSA) is 29.5 Å². The zero-order chi connectivity index (χ0) is 6.71. The maximum absolute atomic E-state index is 7.00. The number of hydrogen-bond acceptors (Lipinski definition) is 2. The molecule has 0 fully saturated rings. The molecule has 1 N–H and O–H groups in total. The van der Waals surface area contributed by atoms with Gasteiger partial charge in [0.15, 0.2) is 0 Å². The first-order valence-corrected chi connectivity index (χ1v) is 2.26. The van der Waals surface area contributed by atoms with Crippen molar-refractivity contribution in [2.75, 3.05) is 21.3 Å². The van der Waals surface area contributed by atoms with Crippen LogP contribution in [0, 0.1) is 0 Å². The normalized spacial score (nSPS) is 4.29. The van der Waals surface area contributed by atoms with E-state index in [0.717, 1.165) is 7.11 Å². The van der Waals surface area contributed by atoms with Crippen molar-refractivity contribution in [3.8, 4) is 0 Å². The van der Waals surface area contributed by atoms with Gasteiger partial charge in [-0.05, 0) is 0 Å². The summed E-state index contributed by atoms with van der Waals surface area (Å²) in [4.78, 5) is 0. The molecule has 0 atom stereocenters. The Morgan fingerprint density at radius 3 is 1.00 bits per heavy atom. The van der Waals surface area contributed by atoms with Gasteiger partial charge in [-0.3, -0.25) is 0 Å². The summed E-state index contributed by atoms with van der Waals surface area (Å²) in [5.74, 6) is 0. The van der Waals surface area contributed by atoms with E-state index >= 15 is 0 Å². The van der Waals surface area contributed by atoms with Crippen LogP contribution >= 0.6 is 0 Å². The molecule has 0 aliphatic carbocycles. The number of aliphatic hydroxyl groups excluding tert-OH is 1. The van der Waals surface area contributed by atoms with Crippen molar-refractivity contribution in [2.45, 2.75) is 13.8 Å². The number of aliphatic hydroxyl groups is 1. The van der Waals surface area contributed by atoms with E-state index in [-0.39, 0.29) is 0 Å². The average molecular weight is 108 g/mol. The third-order valence-corrected chi connectivity index (χ3v) is 0. The second-order valence-electron chi connectivity index (χ2n) is 0.408. The van der Waals surface area contributed by atoms with Gasteiger partial charge in [-0.25, -0.2) is 0 Å². The van der Waals surface area contributed by atoms with Crippen LogP contribution in [0.4, 0.5) is 0 Å². The maximum Gasteiger partial charge on any atom is 0.0351 e. The minimum Gasteiger partial charge on any atom is -0.400 e. The monoisotopic (exact) mass is 108 g/mol. The fourth-order valence-corrected chi connectivity index (χ4v) is 0. The zero-order valence-corrected chi connectivity index (χ0v) is 5.86. The molecule has 0 aromatic rings. The van der Waals surface area contributed by atoms with E-state index in [1.54, 1.807) is 14.2 Å². The molecule has 0 aromatic heterocycles. The molecule has 0 aliphatic heterocycles. The highest BCUT2D eigenvalue weighted by atomic mass is 16.4. The summed E-state index contributed by atoms with van der Waals surface area (Å²) >= 11 is 0. The van der Waals surface area contributed by atoms with E-state index in [1.165, 1.54) is 0 Å². The van der Waals surface area contributed by atoms with Crippen LogP contribution in [0.2, 0.25) is 0 Å². The van der Waals surface area contributed by atoms with Gasteiger partial charge in [0.05, 0.1) is 0 Å². The first kappa shape index (κ1) is 15.8. The molecule has 48 valence electrons. The quantitative estimate of drug-likeness (QED) is 0.499. The summed E-state index contributed by atoms with van der Waals surface area (Å²) in [6, 6.07) is 0. The number of hydrogen-bond donors (Lipinski definition) is 1. The van der Waals surface area contributed by atoms with E-state index in [4.69, 9.17) is 5.11 Å². The first-order valence-electron chi connectivity index (χ1n) is 2.26. The van der Waals surface area contributed by atoms with E-state index in [2.05, 4.69) is 4.74 Å². The van der Waals surface area contributed by atoms with Crippen LogP contribution in [0.25, 0.3) is 0 Å². The highest BCUT2D eigenvalue weighted by Gasteiger charge is 1.25. The van der Waals surface area contributed by atoms with Gasteiger partial charge in [0.1, 0.15) is 0 Å². The molecular formula is C5H16O2. The van der Waals surface area contributed by atoms with E-state index < -0.39 is 0 Å². The molecule has 0 saturated heterocycles. The number of ether oxygens (including phenoxy) is 1. The van der Waals surface area contributed by atoms with Crippen LogP contribution in [0.5, 0.6) is 0 Å². The molecule has 0 heterocycles. The molecule has 0 amide bonds. The Morgan fingerprint density at radius 1 is 1.00 bits per heavy atom. The van der Waals surface area contributed by atoms with Gasteiger partial charge >= 0.3 is 0 Å². The molecule has 0 bridgehead atoms. The lowest BCUT2D eigenvalue weighted by atomic mass is 11.0. The molecule has 0 unspecified atom stereocenters. The maximum atomic E-state index is 7.00. The lowest BCUT2D eigenvalue weighted by Crippen LogP contribution is -1.55. The van der Waals surface area contributed by atoms with E-state index in [0.29, 0.717) is 0 Å². The number of rotatable bonds is 0. The summed E-state index contributed by atoms with van der Waals surface area (Å²) in [5, 5.41) is 7.00. The van der Waals surface area contributed by atoms with Crippen molar-refractivity contribution < 1.29 is 9.84 Å². The Bertz CT molecular complexity index is 6.04. The molecular weight excluding hydrogens is 92.1 g/mol. The molecule has 0 saturated carbocycles. The minimum absolute atomic E-state index is 1.00. The second-order valence-corrected chi connectivity index (χ2v) is 0.408. The lowest BCUT2D eigenvalue weighted by molar-refractivity contribution is 0.277. The molecule has 7 heavy (non-hydrogen) atoms. The number of methoxy groups -OCH3 is 1. The van der Waals surface area contributed by atoms with Crippen molar-refractivity contribution in [3.05, 3.63) is 0 Å². The van der Waals surface area contributed by atoms with Gasteiger partial charge in [0.2, 0.25) is 0 Å². The smallest absolute Gasteiger partial charge is 0.0351 e. The van der Waals surface area contributed by atoms with Crippen molar-refractivity contribution >= 4 is 0 Å². The van der Waals surface area contributed by atoms with Crippen molar-refractivity contribution in [2.24, 2.45) is 0 Å². The fourth-order valence-electron chi connectivity index (χ4n) is 0. The van der Waals surface area contributed by atoms with Gasteiger partial charge < -0.3 is 9.84 Å². The van der Waals surface area contributed by atoms with Gasteiger partial charge in [0.25, 0.3) is 0 Å². The summed E-state index contributed by atoms with van der Waals surface area (Å²) in [6.45, 7) is 4.00. The van der Waals surface area contributed by atoms with E-state index in [1.807, 2.05) is 13.8 Å². The van der Waals surface area contributed by atoms with Crippen molar-refractivity contribution in [3.63, 3.8) is 0 Å². The molecule has 0 radical (unpaired) electrons. The molecule has 2 nitrogen and oxygen atoms in total. The zero-order valence-electron chi connectivity index (χ0n) is 5.86. The van der Waals surface area contributed by atoms with Gasteiger partial charge in [0, 0.05) is 21.3 Å². The lowest BCUT2D eigenvalue weighted by Gasteiger charge is -1.61. The molecule has 0 spiro atoms. The Hall–Kier alpha value is -0.0800. The second kappa shape index (κ2) is 169. The van der Waals surface area contributed by atoms with Gasteiger partial charge in [-0.1, -0.05) is 13.8 Å². The van der Waals surface area contributed by atoms with Crippen LogP contribution in [0.15, 0.2) is 0 Å². The van der Waals surface area contributed by atoms with E-state index in [9.17, 15) is 0 Å². The average Bonchev–Trinajstić information content (AvgIpc) is 1.78. The van der Waals surface area contributed by atoms with Crippen LogP contribution in [-0.4, -0.2) is 26.4 Å². The third-order valence-electron chi connectivity index (χ3n) is 0. The Labute approximate surface area is 46.1 Å². The summed E-state index contributed by atoms with van der Waals surface area (Å²) < 4.78 is 4.25. The largest absolute Gasteiger partial charge is 0.400 e. The predicted octanol–water partition coefficient (Wildman–Crippen LogP) is 0.897. The van der Waals surface area contributed by atoms with Gasteiger partial charge in [-0.2, -0.15) is 0 Å². The Kier molecular flexibility index (Phi) is 382. The third kappa shape index (κ3) is 14200. The highest BCUT2D eigenvalue weighted by molar-refractivity contribution is 3.56. The Morgan fingerprint density at radius 2 is 1.00 bits per heavy atom.